The highest BCUT2D eigenvalue weighted by molar-refractivity contribution is 7.09. The van der Waals surface area contributed by atoms with E-state index in [1.54, 1.807) is 18.2 Å². The fourth-order valence-electron chi connectivity index (χ4n) is 3.07. The molecule has 134 valence electrons. The maximum atomic E-state index is 12.7. The highest BCUT2D eigenvalue weighted by atomic mass is 32.1. The minimum atomic E-state index is -4.40. The quantitative estimate of drug-likeness (QED) is 0.875. The van der Waals surface area contributed by atoms with Gasteiger partial charge in [-0.1, -0.05) is 12.1 Å². The number of carbonyl (C=O) groups is 1. The molecule has 1 saturated heterocycles. The predicted molar refractivity (Wildman–Crippen MR) is 87.8 cm³/mol. The number of hydrogen-bond acceptors (Lipinski definition) is 4. The van der Waals surface area contributed by atoms with Crippen molar-refractivity contribution in [2.45, 2.75) is 31.5 Å². The standard InChI is InChI=1S/C17H17F3N2O2S/c18-17(19,20)14-10-25-15(21-14)13-5-2-6-22(9-13)8-11-3-1-4-12(7-11)16(23)24/h1,3-4,7,10,13H,2,5-6,8-9H2,(H,23,24). The Hall–Kier alpha value is -1.93. The lowest BCUT2D eigenvalue weighted by atomic mass is 9.98. The number of halogens is 3. The fourth-order valence-corrected chi connectivity index (χ4v) is 4.02. The Morgan fingerprint density at radius 1 is 1.40 bits per heavy atom. The number of aromatic carboxylic acids is 1. The topological polar surface area (TPSA) is 53.4 Å². The molecule has 1 aromatic carbocycles. The number of carboxylic acids is 1. The number of benzene rings is 1. The van der Waals surface area contributed by atoms with Gasteiger partial charge < -0.3 is 5.11 Å². The average Bonchev–Trinajstić information content (AvgIpc) is 3.06. The van der Waals surface area contributed by atoms with Gasteiger partial charge in [0.2, 0.25) is 0 Å². The lowest BCUT2D eigenvalue weighted by Gasteiger charge is -2.31. The van der Waals surface area contributed by atoms with Crippen LogP contribution in [-0.2, 0) is 12.7 Å². The van der Waals surface area contributed by atoms with E-state index in [1.807, 2.05) is 6.07 Å². The minimum Gasteiger partial charge on any atom is -0.478 e. The summed E-state index contributed by atoms with van der Waals surface area (Å²) in [7, 11) is 0. The van der Waals surface area contributed by atoms with Gasteiger partial charge in [-0.25, -0.2) is 9.78 Å². The van der Waals surface area contributed by atoms with E-state index in [9.17, 15) is 18.0 Å². The van der Waals surface area contributed by atoms with E-state index in [0.29, 0.717) is 18.1 Å². The van der Waals surface area contributed by atoms with Crippen molar-refractivity contribution in [3.8, 4) is 0 Å². The number of alkyl halides is 3. The van der Waals surface area contributed by atoms with Gasteiger partial charge in [-0.2, -0.15) is 13.2 Å². The summed E-state index contributed by atoms with van der Waals surface area (Å²) in [5.74, 6) is -0.988. The molecule has 8 heteroatoms. The first-order chi connectivity index (χ1) is 11.8. The third-order valence-electron chi connectivity index (χ3n) is 4.25. The second-order valence-electron chi connectivity index (χ2n) is 6.15. The van der Waals surface area contributed by atoms with Crippen LogP contribution in [0.2, 0.25) is 0 Å². The van der Waals surface area contributed by atoms with Crippen LogP contribution in [0.1, 0.15) is 45.4 Å². The highest BCUT2D eigenvalue weighted by Gasteiger charge is 2.35. The molecule has 0 aliphatic carbocycles. The molecular formula is C17H17F3N2O2S. The Kier molecular flexibility index (Phi) is 5.10. The fraction of sp³-hybridized carbons (Fsp3) is 0.412. The molecule has 1 atom stereocenters. The molecule has 2 aromatic rings. The van der Waals surface area contributed by atoms with E-state index in [2.05, 4.69) is 9.88 Å². The molecule has 4 nitrogen and oxygen atoms in total. The van der Waals surface area contributed by atoms with Gasteiger partial charge in [-0.05, 0) is 37.1 Å². The summed E-state index contributed by atoms with van der Waals surface area (Å²) in [6.45, 7) is 2.04. The molecule has 1 aliphatic heterocycles. The SMILES string of the molecule is O=C(O)c1cccc(CN2CCCC(c3nc(C(F)(F)F)cs3)C2)c1. The number of aromatic nitrogens is 1. The van der Waals surface area contributed by atoms with E-state index >= 15 is 0 Å². The number of hydrogen-bond donors (Lipinski definition) is 1. The van der Waals surface area contributed by atoms with Gasteiger partial charge in [0.15, 0.2) is 5.69 Å². The van der Waals surface area contributed by atoms with Gasteiger partial charge in [0.1, 0.15) is 0 Å². The maximum Gasteiger partial charge on any atom is 0.434 e. The second kappa shape index (κ2) is 7.13. The van der Waals surface area contributed by atoms with Crippen LogP contribution in [-0.4, -0.2) is 34.0 Å². The zero-order valence-corrected chi connectivity index (χ0v) is 14.1. The number of likely N-dealkylation sites (tertiary alicyclic amines) is 1. The summed E-state index contributed by atoms with van der Waals surface area (Å²) in [5, 5.41) is 10.7. The molecule has 1 aromatic heterocycles. The lowest BCUT2D eigenvalue weighted by Crippen LogP contribution is -2.34. The summed E-state index contributed by atoms with van der Waals surface area (Å²) in [6, 6.07) is 6.74. The van der Waals surface area contributed by atoms with Gasteiger partial charge in [0.05, 0.1) is 10.6 Å². The third kappa shape index (κ3) is 4.38. The van der Waals surface area contributed by atoms with Crippen molar-refractivity contribution < 1.29 is 23.1 Å². The number of nitrogens with zero attached hydrogens (tertiary/aromatic N) is 2. The van der Waals surface area contributed by atoms with Crippen molar-refractivity contribution in [1.82, 2.24) is 9.88 Å². The third-order valence-corrected chi connectivity index (χ3v) is 5.25. The van der Waals surface area contributed by atoms with E-state index in [0.717, 1.165) is 41.7 Å². The van der Waals surface area contributed by atoms with E-state index in [-0.39, 0.29) is 11.5 Å². The average molecular weight is 370 g/mol. The smallest absolute Gasteiger partial charge is 0.434 e. The van der Waals surface area contributed by atoms with E-state index in [1.165, 1.54) is 0 Å². The Balaban J connectivity index is 1.68. The molecule has 25 heavy (non-hydrogen) atoms. The van der Waals surface area contributed by atoms with Gasteiger partial charge >= 0.3 is 12.1 Å². The van der Waals surface area contributed by atoms with E-state index in [4.69, 9.17) is 5.11 Å². The van der Waals surface area contributed by atoms with Gasteiger partial charge in [-0.15, -0.1) is 11.3 Å². The van der Waals surface area contributed by atoms with Crippen LogP contribution in [0.4, 0.5) is 13.2 Å². The van der Waals surface area contributed by atoms with Crippen LogP contribution in [0, 0.1) is 0 Å². The van der Waals surface area contributed by atoms with Crippen LogP contribution < -0.4 is 0 Å². The molecule has 1 aliphatic rings. The summed E-state index contributed by atoms with van der Waals surface area (Å²) in [6.07, 6.45) is -2.71. The number of thiazole rings is 1. The molecule has 0 saturated carbocycles. The minimum absolute atomic E-state index is 0.0162. The van der Waals surface area contributed by atoms with E-state index < -0.39 is 17.8 Å². The van der Waals surface area contributed by atoms with Gasteiger partial charge in [0.25, 0.3) is 0 Å². The first kappa shape index (κ1) is 17.9. The van der Waals surface area contributed by atoms with Crippen molar-refractivity contribution in [2.75, 3.05) is 13.1 Å². The molecule has 3 rings (SSSR count). The molecule has 1 fully saturated rings. The first-order valence-electron chi connectivity index (χ1n) is 7.90. The Labute approximate surface area is 146 Å². The number of piperidine rings is 1. The molecule has 0 radical (unpaired) electrons. The Morgan fingerprint density at radius 2 is 2.20 bits per heavy atom. The van der Waals surface area contributed by atoms with Gasteiger partial charge in [-0.3, -0.25) is 4.90 Å². The monoisotopic (exact) mass is 370 g/mol. The molecule has 0 amide bonds. The van der Waals surface area contributed by atoms with Crippen LogP contribution in [0.15, 0.2) is 29.6 Å². The molecular weight excluding hydrogens is 353 g/mol. The number of carboxylic acid groups (broad SMARTS) is 1. The summed E-state index contributed by atoms with van der Waals surface area (Å²) < 4.78 is 38.2. The van der Waals surface area contributed by atoms with Crippen LogP contribution in [0.25, 0.3) is 0 Å². The van der Waals surface area contributed by atoms with Crippen LogP contribution in [0.5, 0.6) is 0 Å². The van der Waals surface area contributed by atoms with Crippen molar-refractivity contribution in [3.05, 3.63) is 51.5 Å². The molecule has 1 unspecified atom stereocenters. The highest BCUT2D eigenvalue weighted by Crippen LogP contribution is 2.35. The summed E-state index contributed by atoms with van der Waals surface area (Å²) in [5.41, 5.74) is 0.301. The normalized spacial score (nSPS) is 19.1. The zero-order chi connectivity index (χ0) is 18.0. The summed E-state index contributed by atoms with van der Waals surface area (Å²) >= 11 is 1.06. The Bertz CT molecular complexity index is 760. The predicted octanol–water partition coefficient (Wildman–Crippen LogP) is 4.24. The molecule has 2 heterocycles. The molecule has 0 bridgehead atoms. The number of rotatable bonds is 4. The second-order valence-corrected chi connectivity index (χ2v) is 7.04. The molecule has 0 spiro atoms. The zero-order valence-electron chi connectivity index (χ0n) is 13.3. The van der Waals surface area contributed by atoms with Crippen molar-refractivity contribution in [3.63, 3.8) is 0 Å². The summed E-state index contributed by atoms with van der Waals surface area (Å²) in [4.78, 5) is 17.0. The maximum absolute atomic E-state index is 12.7. The first-order valence-corrected chi connectivity index (χ1v) is 8.78. The van der Waals surface area contributed by atoms with Gasteiger partial charge in [0, 0.05) is 24.4 Å². The largest absolute Gasteiger partial charge is 0.478 e. The lowest BCUT2D eigenvalue weighted by molar-refractivity contribution is -0.140. The van der Waals surface area contributed by atoms with Crippen LogP contribution >= 0.6 is 11.3 Å². The van der Waals surface area contributed by atoms with Crippen molar-refractivity contribution >= 4 is 17.3 Å². The Morgan fingerprint density at radius 3 is 2.88 bits per heavy atom. The molecule has 1 N–H and O–H groups in total. The van der Waals surface area contributed by atoms with Crippen molar-refractivity contribution in [1.29, 1.82) is 0 Å². The van der Waals surface area contributed by atoms with Crippen molar-refractivity contribution in [2.24, 2.45) is 0 Å². The van der Waals surface area contributed by atoms with Crippen LogP contribution in [0.3, 0.4) is 0 Å².